The molecule has 0 aromatic heterocycles. The number of hydrogen-bond donors (Lipinski definition) is 1. The molecule has 5 heteroatoms. The Labute approximate surface area is 113 Å². The first-order valence-electron chi connectivity index (χ1n) is 6.98. The second-order valence-electron chi connectivity index (χ2n) is 6.66. The molecule has 0 spiro atoms. The van der Waals surface area contributed by atoms with E-state index in [-0.39, 0.29) is 17.9 Å². The van der Waals surface area contributed by atoms with Crippen molar-refractivity contribution in [3.8, 4) is 0 Å². The van der Waals surface area contributed by atoms with E-state index in [2.05, 4.69) is 0 Å². The summed E-state index contributed by atoms with van der Waals surface area (Å²) in [6, 6.07) is 0. The molecule has 0 unspecified atom stereocenters. The smallest absolute Gasteiger partial charge is 0.410 e. The molecule has 1 aliphatic heterocycles. The molecule has 3 atom stereocenters. The highest BCUT2D eigenvalue weighted by molar-refractivity contribution is 5.71. The molecular weight excluding hydrogens is 246 g/mol. The summed E-state index contributed by atoms with van der Waals surface area (Å²) in [5.74, 6) is -0.345. The van der Waals surface area contributed by atoms with Crippen LogP contribution in [0.15, 0.2) is 0 Å². The molecule has 0 bridgehead atoms. The Morgan fingerprint density at radius 3 is 2.47 bits per heavy atom. The van der Waals surface area contributed by atoms with Gasteiger partial charge in [0.05, 0.1) is 5.92 Å². The lowest BCUT2D eigenvalue weighted by Crippen LogP contribution is -2.45. The van der Waals surface area contributed by atoms with E-state index in [0.717, 1.165) is 19.3 Å². The minimum absolute atomic E-state index is 0.217. The van der Waals surface area contributed by atoms with Gasteiger partial charge >= 0.3 is 12.1 Å². The number of carbonyl (C=O) groups is 2. The first-order chi connectivity index (χ1) is 8.78. The number of ether oxygens (including phenoxy) is 1. The molecule has 0 aromatic carbocycles. The van der Waals surface area contributed by atoms with E-state index in [0.29, 0.717) is 19.0 Å². The van der Waals surface area contributed by atoms with E-state index in [9.17, 15) is 14.7 Å². The fourth-order valence-corrected chi connectivity index (χ4v) is 3.29. The molecule has 1 N–H and O–H groups in total. The minimum atomic E-state index is -0.682. The average Bonchev–Trinajstić information content (AvgIpc) is 2.68. The van der Waals surface area contributed by atoms with Crippen molar-refractivity contribution >= 4 is 12.1 Å². The number of carboxylic acids is 1. The van der Waals surface area contributed by atoms with Crippen LogP contribution in [0.3, 0.4) is 0 Å². The summed E-state index contributed by atoms with van der Waals surface area (Å²) in [5, 5.41) is 9.17. The standard InChI is InChI=1S/C14H23NO4/c1-14(2,3)19-13(18)15-7-6-10-9(8-15)4-5-11(10)12(16)17/h9-11H,4-8H2,1-3H3,(H,16,17)/t9-,10+,11-/m1/s1. The first-order valence-corrected chi connectivity index (χ1v) is 6.98. The number of aliphatic carboxylic acids is 1. The molecule has 108 valence electrons. The molecule has 2 aliphatic rings. The van der Waals surface area contributed by atoms with Crippen molar-refractivity contribution in [3.63, 3.8) is 0 Å². The van der Waals surface area contributed by atoms with Gasteiger partial charge in [-0.05, 0) is 51.9 Å². The number of carbonyl (C=O) groups excluding carboxylic acids is 1. The van der Waals surface area contributed by atoms with Crippen LogP contribution in [-0.4, -0.2) is 40.8 Å². The Hall–Kier alpha value is -1.26. The van der Waals surface area contributed by atoms with Gasteiger partial charge in [0.15, 0.2) is 0 Å². The quantitative estimate of drug-likeness (QED) is 0.793. The van der Waals surface area contributed by atoms with Crippen LogP contribution in [0.1, 0.15) is 40.0 Å². The number of amides is 1. The molecule has 2 fully saturated rings. The van der Waals surface area contributed by atoms with Crippen LogP contribution < -0.4 is 0 Å². The van der Waals surface area contributed by atoms with E-state index in [1.165, 1.54) is 0 Å². The Balaban J connectivity index is 1.94. The summed E-state index contributed by atoms with van der Waals surface area (Å²) < 4.78 is 5.37. The predicted octanol–water partition coefficient (Wildman–Crippen LogP) is 2.35. The summed E-state index contributed by atoms with van der Waals surface area (Å²) in [4.78, 5) is 24.9. The van der Waals surface area contributed by atoms with Crippen molar-refractivity contribution < 1.29 is 19.4 Å². The van der Waals surface area contributed by atoms with Gasteiger partial charge in [0.25, 0.3) is 0 Å². The Morgan fingerprint density at radius 2 is 1.89 bits per heavy atom. The SMILES string of the molecule is CC(C)(C)OC(=O)N1CC[C@H]2[C@H](CC[C@H]2C(=O)O)C1. The molecule has 1 aliphatic carbocycles. The van der Waals surface area contributed by atoms with Crippen molar-refractivity contribution in [2.24, 2.45) is 17.8 Å². The van der Waals surface area contributed by atoms with Gasteiger partial charge in [-0.2, -0.15) is 0 Å². The third-order valence-electron chi connectivity index (χ3n) is 4.13. The molecule has 0 radical (unpaired) electrons. The Kier molecular flexibility index (Phi) is 3.74. The highest BCUT2D eigenvalue weighted by Crippen LogP contribution is 2.42. The van der Waals surface area contributed by atoms with E-state index in [4.69, 9.17) is 4.74 Å². The fourth-order valence-electron chi connectivity index (χ4n) is 3.29. The van der Waals surface area contributed by atoms with Crippen molar-refractivity contribution in [3.05, 3.63) is 0 Å². The highest BCUT2D eigenvalue weighted by Gasteiger charge is 2.44. The van der Waals surface area contributed by atoms with E-state index >= 15 is 0 Å². The zero-order valence-corrected chi connectivity index (χ0v) is 11.9. The lowest BCUT2D eigenvalue weighted by atomic mass is 9.83. The van der Waals surface area contributed by atoms with E-state index in [1.54, 1.807) is 4.90 Å². The third kappa shape index (κ3) is 3.19. The van der Waals surface area contributed by atoms with Crippen molar-refractivity contribution in [1.29, 1.82) is 0 Å². The average molecular weight is 269 g/mol. The number of fused-ring (bicyclic) bond motifs is 1. The van der Waals surface area contributed by atoms with Gasteiger partial charge < -0.3 is 14.7 Å². The van der Waals surface area contributed by atoms with Crippen LogP contribution in [0.25, 0.3) is 0 Å². The van der Waals surface area contributed by atoms with Gasteiger partial charge in [0.2, 0.25) is 0 Å². The van der Waals surface area contributed by atoms with Crippen molar-refractivity contribution in [1.82, 2.24) is 4.90 Å². The van der Waals surface area contributed by atoms with Gasteiger partial charge in [-0.1, -0.05) is 0 Å². The van der Waals surface area contributed by atoms with Crippen LogP contribution in [-0.2, 0) is 9.53 Å². The number of likely N-dealkylation sites (tertiary alicyclic amines) is 1. The Bertz CT molecular complexity index is 374. The fraction of sp³-hybridized carbons (Fsp3) is 0.857. The number of carboxylic acid groups (broad SMARTS) is 1. The van der Waals surface area contributed by atoms with Gasteiger partial charge in [0, 0.05) is 13.1 Å². The zero-order chi connectivity index (χ0) is 14.2. The molecule has 1 saturated heterocycles. The molecule has 2 rings (SSSR count). The van der Waals surface area contributed by atoms with Gasteiger partial charge in [-0.15, -0.1) is 0 Å². The van der Waals surface area contributed by atoms with Crippen LogP contribution in [0.4, 0.5) is 4.79 Å². The van der Waals surface area contributed by atoms with Gasteiger partial charge in [0.1, 0.15) is 5.60 Å². The van der Waals surface area contributed by atoms with Crippen molar-refractivity contribution in [2.75, 3.05) is 13.1 Å². The maximum atomic E-state index is 12.0. The van der Waals surface area contributed by atoms with Crippen molar-refractivity contribution in [2.45, 2.75) is 45.6 Å². The second kappa shape index (κ2) is 5.02. The van der Waals surface area contributed by atoms with Crippen LogP contribution in [0.5, 0.6) is 0 Å². The third-order valence-corrected chi connectivity index (χ3v) is 4.13. The van der Waals surface area contributed by atoms with Gasteiger partial charge in [-0.25, -0.2) is 4.79 Å². The van der Waals surface area contributed by atoms with Crippen LogP contribution in [0.2, 0.25) is 0 Å². The number of nitrogens with zero attached hydrogens (tertiary/aromatic N) is 1. The van der Waals surface area contributed by atoms with Crippen LogP contribution in [0, 0.1) is 17.8 Å². The zero-order valence-electron chi connectivity index (χ0n) is 11.9. The lowest BCUT2D eigenvalue weighted by Gasteiger charge is -2.37. The summed E-state index contributed by atoms with van der Waals surface area (Å²) in [6.45, 7) is 6.82. The molecule has 5 nitrogen and oxygen atoms in total. The monoisotopic (exact) mass is 269 g/mol. The number of piperidine rings is 1. The summed E-state index contributed by atoms with van der Waals surface area (Å²) in [5.41, 5.74) is -0.479. The topological polar surface area (TPSA) is 66.8 Å². The molecule has 19 heavy (non-hydrogen) atoms. The van der Waals surface area contributed by atoms with E-state index in [1.807, 2.05) is 20.8 Å². The Morgan fingerprint density at radius 1 is 1.21 bits per heavy atom. The normalized spacial score (nSPS) is 30.9. The second-order valence-corrected chi connectivity index (χ2v) is 6.66. The van der Waals surface area contributed by atoms with Crippen LogP contribution >= 0.6 is 0 Å². The summed E-state index contributed by atoms with van der Waals surface area (Å²) in [6.07, 6.45) is 2.15. The predicted molar refractivity (Wildman–Crippen MR) is 69.8 cm³/mol. The van der Waals surface area contributed by atoms with Gasteiger partial charge in [-0.3, -0.25) is 4.79 Å². The lowest BCUT2D eigenvalue weighted by molar-refractivity contribution is -0.143. The molecule has 1 amide bonds. The number of rotatable bonds is 1. The molecular formula is C14H23NO4. The molecule has 0 aromatic rings. The maximum absolute atomic E-state index is 12.0. The summed E-state index contributed by atoms with van der Waals surface area (Å²) >= 11 is 0. The summed E-state index contributed by atoms with van der Waals surface area (Å²) in [7, 11) is 0. The maximum Gasteiger partial charge on any atom is 0.410 e. The number of hydrogen-bond acceptors (Lipinski definition) is 3. The van der Waals surface area contributed by atoms with E-state index < -0.39 is 11.6 Å². The molecule has 1 saturated carbocycles. The first kappa shape index (κ1) is 14.2. The highest BCUT2D eigenvalue weighted by atomic mass is 16.6. The minimum Gasteiger partial charge on any atom is -0.481 e. The largest absolute Gasteiger partial charge is 0.481 e. The molecule has 1 heterocycles.